The number of likely N-dealkylation sites (N-methyl/N-ethyl adjacent to an activating group) is 1. The average molecular weight is 394 g/mol. The molecule has 0 aromatic heterocycles. The molecule has 21 heavy (non-hydrogen) atoms. The van der Waals surface area contributed by atoms with Crippen LogP contribution in [0.4, 0.5) is 0 Å². The molecular weight excluding hydrogens is 372 g/mol. The molecule has 1 unspecified atom stereocenters. The molecule has 0 radical (unpaired) electrons. The van der Waals surface area contributed by atoms with Crippen molar-refractivity contribution in [3.05, 3.63) is 28.7 Å². The lowest BCUT2D eigenvalue weighted by Crippen LogP contribution is -2.38. The molecule has 0 spiro atoms. The van der Waals surface area contributed by atoms with Crippen LogP contribution in [0, 0.1) is 0 Å². The largest absolute Gasteiger partial charge is 0.341 e. The maximum absolute atomic E-state index is 12.1. The van der Waals surface area contributed by atoms with Crippen molar-refractivity contribution in [2.75, 3.05) is 25.9 Å². The third-order valence-corrected chi connectivity index (χ3v) is 5.22. The zero-order valence-electron chi connectivity index (χ0n) is 12.2. The maximum Gasteiger partial charge on any atom is 0.222 e. The normalized spacial score (nSPS) is 17.3. The summed E-state index contributed by atoms with van der Waals surface area (Å²) in [6.07, 6.45) is 2.66. The van der Waals surface area contributed by atoms with Crippen LogP contribution in [0.5, 0.6) is 0 Å². The molecule has 1 amide bonds. The van der Waals surface area contributed by atoms with E-state index in [2.05, 4.69) is 33.4 Å². The average Bonchev–Trinajstić information content (AvgIpc) is 2.98. The zero-order chi connectivity index (χ0) is 14.4. The van der Waals surface area contributed by atoms with E-state index in [1.165, 1.54) is 4.90 Å². The van der Waals surface area contributed by atoms with Gasteiger partial charge < -0.3 is 10.2 Å². The van der Waals surface area contributed by atoms with Gasteiger partial charge in [0.05, 0.1) is 0 Å². The molecule has 1 fully saturated rings. The van der Waals surface area contributed by atoms with Gasteiger partial charge in [0.1, 0.15) is 0 Å². The van der Waals surface area contributed by atoms with E-state index >= 15 is 0 Å². The minimum Gasteiger partial charge on any atom is -0.341 e. The second-order valence-corrected chi connectivity index (χ2v) is 7.14. The second kappa shape index (κ2) is 9.72. The van der Waals surface area contributed by atoms with Gasteiger partial charge in [-0.25, -0.2) is 0 Å². The van der Waals surface area contributed by atoms with Gasteiger partial charge >= 0.3 is 0 Å². The van der Waals surface area contributed by atoms with Gasteiger partial charge in [-0.3, -0.25) is 4.79 Å². The SMILES string of the molecule is CN(C(=O)CCCSc1ccc(Br)cc1)C1CCNC1.Cl. The third-order valence-electron chi connectivity index (χ3n) is 3.59. The van der Waals surface area contributed by atoms with Crippen LogP contribution >= 0.6 is 40.1 Å². The highest BCUT2D eigenvalue weighted by Gasteiger charge is 2.22. The molecule has 1 atom stereocenters. The number of nitrogens with one attached hydrogen (secondary N) is 1. The van der Waals surface area contributed by atoms with Gasteiger partial charge in [-0.2, -0.15) is 0 Å². The number of hydrogen-bond donors (Lipinski definition) is 1. The number of nitrogens with zero attached hydrogens (tertiary/aromatic N) is 1. The fourth-order valence-electron chi connectivity index (χ4n) is 2.29. The molecule has 1 aliphatic rings. The third kappa shape index (κ3) is 6.19. The number of halogens is 2. The number of rotatable bonds is 6. The van der Waals surface area contributed by atoms with Crippen molar-refractivity contribution < 1.29 is 4.79 Å². The van der Waals surface area contributed by atoms with Gasteiger partial charge in [0.2, 0.25) is 5.91 Å². The number of hydrogen-bond acceptors (Lipinski definition) is 3. The van der Waals surface area contributed by atoms with E-state index in [9.17, 15) is 4.79 Å². The minimum atomic E-state index is 0. The zero-order valence-corrected chi connectivity index (χ0v) is 15.4. The summed E-state index contributed by atoms with van der Waals surface area (Å²) in [5.41, 5.74) is 0. The van der Waals surface area contributed by atoms with Crippen LogP contribution in [0.1, 0.15) is 19.3 Å². The summed E-state index contributed by atoms with van der Waals surface area (Å²) in [5, 5.41) is 3.30. The Labute approximate surface area is 145 Å². The lowest BCUT2D eigenvalue weighted by Gasteiger charge is -2.23. The van der Waals surface area contributed by atoms with E-state index in [0.29, 0.717) is 12.5 Å². The fraction of sp³-hybridized carbons (Fsp3) is 0.533. The van der Waals surface area contributed by atoms with Crippen LogP contribution < -0.4 is 5.32 Å². The quantitative estimate of drug-likeness (QED) is 0.592. The Kier molecular flexibility index (Phi) is 8.71. The monoisotopic (exact) mass is 392 g/mol. The number of carbonyl (C=O) groups is 1. The highest BCUT2D eigenvalue weighted by atomic mass is 79.9. The minimum absolute atomic E-state index is 0. The first-order valence-corrected chi connectivity index (χ1v) is 8.79. The molecule has 0 aliphatic carbocycles. The van der Waals surface area contributed by atoms with E-state index < -0.39 is 0 Å². The van der Waals surface area contributed by atoms with Crippen LogP contribution in [0.25, 0.3) is 0 Å². The molecule has 1 aliphatic heterocycles. The first kappa shape index (κ1) is 18.8. The molecule has 0 saturated carbocycles. The Hall–Kier alpha value is -0.230. The van der Waals surface area contributed by atoms with Crippen molar-refractivity contribution in [2.45, 2.75) is 30.2 Å². The molecule has 1 aromatic carbocycles. The topological polar surface area (TPSA) is 32.3 Å². The molecule has 1 N–H and O–H groups in total. The Morgan fingerprint density at radius 1 is 1.43 bits per heavy atom. The molecule has 1 heterocycles. The molecule has 1 aromatic rings. The molecule has 118 valence electrons. The predicted octanol–water partition coefficient (Wildman–Crippen LogP) is 3.56. The van der Waals surface area contributed by atoms with Crippen molar-refractivity contribution in [1.29, 1.82) is 0 Å². The smallest absolute Gasteiger partial charge is 0.222 e. The van der Waals surface area contributed by atoms with Crippen molar-refractivity contribution in [1.82, 2.24) is 10.2 Å². The van der Waals surface area contributed by atoms with Crippen LogP contribution in [-0.2, 0) is 4.79 Å². The number of amides is 1. The lowest BCUT2D eigenvalue weighted by atomic mass is 10.2. The highest BCUT2D eigenvalue weighted by Crippen LogP contribution is 2.21. The van der Waals surface area contributed by atoms with E-state index in [1.54, 1.807) is 0 Å². The number of benzene rings is 1. The van der Waals surface area contributed by atoms with Crippen molar-refractivity contribution in [3.8, 4) is 0 Å². The van der Waals surface area contributed by atoms with Crippen molar-refractivity contribution in [2.24, 2.45) is 0 Å². The first-order chi connectivity index (χ1) is 9.66. The van der Waals surface area contributed by atoms with Crippen LogP contribution in [0.2, 0.25) is 0 Å². The van der Waals surface area contributed by atoms with Gasteiger partial charge in [0.25, 0.3) is 0 Å². The van der Waals surface area contributed by atoms with Crippen LogP contribution in [0.3, 0.4) is 0 Å². The standard InChI is InChI=1S/C15H21BrN2OS.ClH/c1-18(13-8-9-17-11-13)15(19)3-2-10-20-14-6-4-12(16)5-7-14;/h4-7,13,17H,2-3,8-11H2,1H3;1H. The van der Waals surface area contributed by atoms with Gasteiger partial charge in [-0.1, -0.05) is 15.9 Å². The van der Waals surface area contributed by atoms with Gasteiger partial charge in [-0.15, -0.1) is 24.2 Å². The second-order valence-electron chi connectivity index (χ2n) is 5.06. The van der Waals surface area contributed by atoms with Gasteiger partial charge in [-0.05, 0) is 49.4 Å². The molecule has 0 bridgehead atoms. The first-order valence-electron chi connectivity index (χ1n) is 7.01. The van der Waals surface area contributed by atoms with Gasteiger partial charge in [0, 0.05) is 35.4 Å². The summed E-state index contributed by atoms with van der Waals surface area (Å²) in [5.74, 6) is 1.26. The summed E-state index contributed by atoms with van der Waals surface area (Å²) in [7, 11) is 1.93. The summed E-state index contributed by atoms with van der Waals surface area (Å²) < 4.78 is 1.10. The van der Waals surface area contributed by atoms with Crippen molar-refractivity contribution in [3.63, 3.8) is 0 Å². The predicted molar refractivity (Wildman–Crippen MR) is 95.4 cm³/mol. The Balaban J connectivity index is 0.00000220. The van der Waals surface area contributed by atoms with Crippen LogP contribution in [-0.4, -0.2) is 42.7 Å². The van der Waals surface area contributed by atoms with E-state index in [-0.39, 0.29) is 18.3 Å². The Morgan fingerprint density at radius 2 is 2.14 bits per heavy atom. The van der Waals surface area contributed by atoms with E-state index in [4.69, 9.17) is 0 Å². The maximum atomic E-state index is 12.1. The number of carbonyl (C=O) groups excluding carboxylic acids is 1. The molecule has 3 nitrogen and oxygen atoms in total. The Bertz CT molecular complexity index is 438. The molecule has 2 rings (SSSR count). The summed E-state index contributed by atoms with van der Waals surface area (Å²) in [6, 6.07) is 8.70. The summed E-state index contributed by atoms with van der Waals surface area (Å²) >= 11 is 5.24. The summed E-state index contributed by atoms with van der Waals surface area (Å²) in [4.78, 5) is 15.2. The number of thioether (sulfide) groups is 1. The Morgan fingerprint density at radius 3 is 2.76 bits per heavy atom. The van der Waals surface area contributed by atoms with E-state index in [1.807, 2.05) is 35.8 Å². The van der Waals surface area contributed by atoms with E-state index in [0.717, 1.165) is 36.2 Å². The molecule has 1 saturated heterocycles. The molecule has 6 heteroatoms. The van der Waals surface area contributed by atoms with Crippen LogP contribution in [0.15, 0.2) is 33.6 Å². The highest BCUT2D eigenvalue weighted by molar-refractivity contribution is 9.10. The fourth-order valence-corrected chi connectivity index (χ4v) is 3.41. The molecular formula is C15H22BrClN2OS. The van der Waals surface area contributed by atoms with Gasteiger partial charge in [0.15, 0.2) is 0 Å². The lowest BCUT2D eigenvalue weighted by molar-refractivity contribution is -0.131. The summed E-state index contributed by atoms with van der Waals surface area (Å²) in [6.45, 7) is 1.97. The van der Waals surface area contributed by atoms with Crippen molar-refractivity contribution >= 4 is 46.0 Å².